The Bertz CT molecular complexity index is 699. The van der Waals surface area contributed by atoms with E-state index in [2.05, 4.69) is 5.32 Å². The lowest BCUT2D eigenvalue weighted by atomic mass is 10.0. The number of methoxy groups -OCH3 is 1. The molecule has 2 aliphatic heterocycles. The van der Waals surface area contributed by atoms with Crippen LogP contribution in [0.25, 0.3) is 0 Å². The molecule has 0 spiro atoms. The zero-order valence-corrected chi connectivity index (χ0v) is 12.5. The van der Waals surface area contributed by atoms with Gasteiger partial charge < -0.3 is 19.5 Å². The smallest absolute Gasteiger partial charge is 0.231 e. The summed E-state index contributed by atoms with van der Waals surface area (Å²) in [6.07, 6.45) is 0. The second-order valence-electron chi connectivity index (χ2n) is 5.02. The zero-order valence-electron chi connectivity index (χ0n) is 12.5. The van der Waals surface area contributed by atoms with Gasteiger partial charge in [-0.25, -0.2) is 0 Å². The van der Waals surface area contributed by atoms with Crippen molar-refractivity contribution in [1.29, 1.82) is 0 Å². The van der Waals surface area contributed by atoms with Gasteiger partial charge in [-0.3, -0.25) is 4.79 Å². The predicted octanol–water partition coefficient (Wildman–Crippen LogP) is 3.17. The minimum Gasteiger partial charge on any atom is -0.497 e. The minimum absolute atomic E-state index is 0.0196. The molecule has 2 aromatic carbocycles. The van der Waals surface area contributed by atoms with E-state index in [4.69, 9.17) is 14.2 Å². The molecule has 2 aromatic rings. The summed E-state index contributed by atoms with van der Waals surface area (Å²) >= 11 is 0. The Morgan fingerprint density at radius 1 is 1.14 bits per heavy atom. The number of hydrogen-bond acceptors (Lipinski definition) is 4. The monoisotopic (exact) mass is 299 g/mol. The van der Waals surface area contributed by atoms with Crippen molar-refractivity contribution < 1.29 is 19.0 Å². The average Bonchev–Trinajstić information content (AvgIpc) is 3.13. The van der Waals surface area contributed by atoms with E-state index in [-0.39, 0.29) is 11.8 Å². The number of hydrogen-bond donors (Lipinski definition) is 1. The number of nitrogens with one attached hydrogen (secondary N) is 1. The Hall–Kier alpha value is -2.69. The minimum atomic E-state index is 0.0196. The number of benzene rings is 2. The van der Waals surface area contributed by atoms with Crippen LogP contribution < -0.4 is 19.5 Å². The van der Waals surface area contributed by atoms with Crippen LogP contribution in [0.5, 0.6) is 17.2 Å². The average molecular weight is 299 g/mol. The molecular formula is C17H17NO4. The van der Waals surface area contributed by atoms with Crippen LogP contribution in [0.4, 0.5) is 5.69 Å². The number of rotatable bonds is 1. The highest BCUT2D eigenvalue weighted by atomic mass is 16.7. The van der Waals surface area contributed by atoms with Gasteiger partial charge in [0.1, 0.15) is 5.75 Å². The fraction of sp³-hybridized carbons (Fsp3) is 0.235. The van der Waals surface area contributed by atoms with Crippen LogP contribution in [-0.2, 0) is 4.79 Å². The van der Waals surface area contributed by atoms with Gasteiger partial charge in [0.15, 0.2) is 11.5 Å². The summed E-state index contributed by atoms with van der Waals surface area (Å²) in [6, 6.07) is 13.3. The van der Waals surface area contributed by atoms with Gasteiger partial charge in [0.05, 0.1) is 13.0 Å². The highest BCUT2D eigenvalue weighted by Crippen LogP contribution is 2.34. The van der Waals surface area contributed by atoms with Crippen molar-refractivity contribution in [2.45, 2.75) is 12.8 Å². The van der Waals surface area contributed by atoms with Gasteiger partial charge in [0, 0.05) is 11.8 Å². The van der Waals surface area contributed by atoms with Crippen molar-refractivity contribution in [2.75, 3.05) is 19.2 Å². The van der Waals surface area contributed by atoms with Crippen LogP contribution in [0.15, 0.2) is 42.5 Å². The van der Waals surface area contributed by atoms with Gasteiger partial charge >= 0.3 is 0 Å². The SMILES string of the molecule is CC1C(=O)Nc2ccccc21.COc1ccc2c(c1)OCO2. The van der Waals surface area contributed by atoms with Crippen LogP contribution in [0.3, 0.4) is 0 Å². The summed E-state index contributed by atoms with van der Waals surface area (Å²) in [4.78, 5) is 11.1. The summed E-state index contributed by atoms with van der Waals surface area (Å²) in [7, 11) is 1.62. The first-order valence-electron chi connectivity index (χ1n) is 7.02. The quantitative estimate of drug-likeness (QED) is 0.878. The fourth-order valence-corrected chi connectivity index (χ4v) is 2.37. The van der Waals surface area contributed by atoms with Gasteiger partial charge in [-0.15, -0.1) is 0 Å². The number of carbonyl (C=O) groups is 1. The molecule has 1 atom stereocenters. The summed E-state index contributed by atoms with van der Waals surface area (Å²) in [5.41, 5.74) is 2.07. The van der Waals surface area contributed by atoms with E-state index in [1.807, 2.05) is 49.4 Å². The molecule has 0 bridgehead atoms. The molecule has 0 aromatic heterocycles. The molecular weight excluding hydrogens is 282 g/mol. The van der Waals surface area contributed by atoms with E-state index < -0.39 is 0 Å². The number of anilines is 1. The molecule has 4 rings (SSSR count). The second kappa shape index (κ2) is 5.97. The van der Waals surface area contributed by atoms with Crippen LogP contribution in [0, 0.1) is 0 Å². The van der Waals surface area contributed by atoms with Crippen LogP contribution in [0.2, 0.25) is 0 Å². The molecule has 0 aliphatic carbocycles. The maximum atomic E-state index is 11.1. The largest absolute Gasteiger partial charge is 0.497 e. The fourth-order valence-electron chi connectivity index (χ4n) is 2.37. The first-order chi connectivity index (χ1) is 10.7. The van der Waals surface area contributed by atoms with Crippen molar-refractivity contribution in [3.05, 3.63) is 48.0 Å². The standard InChI is InChI=1S/C9H9NO.C8H8O3/c1-6-7-4-2-3-5-8(7)10-9(6)11;1-9-6-2-3-7-8(4-6)11-5-10-7/h2-6H,1H3,(H,10,11);2-4H,5H2,1H3. The summed E-state index contributed by atoms with van der Waals surface area (Å²) in [5.74, 6) is 2.45. The predicted molar refractivity (Wildman–Crippen MR) is 82.6 cm³/mol. The Morgan fingerprint density at radius 2 is 1.91 bits per heavy atom. The van der Waals surface area contributed by atoms with E-state index in [9.17, 15) is 4.79 Å². The maximum Gasteiger partial charge on any atom is 0.231 e. The van der Waals surface area contributed by atoms with Crippen molar-refractivity contribution in [3.8, 4) is 17.2 Å². The maximum absolute atomic E-state index is 11.1. The summed E-state index contributed by atoms with van der Waals surface area (Å²) in [5, 5.41) is 2.81. The highest BCUT2D eigenvalue weighted by molar-refractivity contribution is 6.02. The number of amides is 1. The lowest BCUT2D eigenvalue weighted by Gasteiger charge is -1.99. The van der Waals surface area contributed by atoms with E-state index in [1.54, 1.807) is 7.11 Å². The molecule has 1 unspecified atom stereocenters. The normalized spacial score (nSPS) is 17.2. The highest BCUT2D eigenvalue weighted by Gasteiger charge is 2.25. The molecule has 2 heterocycles. The Balaban J connectivity index is 0.000000131. The second-order valence-corrected chi connectivity index (χ2v) is 5.02. The molecule has 0 fully saturated rings. The molecule has 5 heteroatoms. The summed E-state index contributed by atoms with van der Waals surface area (Å²) in [6.45, 7) is 2.23. The molecule has 1 N–H and O–H groups in total. The number of para-hydroxylation sites is 1. The molecule has 0 saturated carbocycles. The Morgan fingerprint density at radius 3 is 2.68 bits per heavy atom. The van der Waals surface area contributed by atoms with Gasteiger partial charge in [0.25, 0.3) is 0 Å². The molecule has 0 radical (unpaired) electrons. The first-order valence-corrected chi connectivity index (χ1v) is 7.02. The Labute approximate surface area is 128 Å². The third-order valence-electron chi connectivity index (χ3n) is 3.66. The summed E-state index contributed by atoms with van der Waals surface area (Å²) < 4.78 is 15.3. The van der Waals surface area contributed by atoms with Crippen LogP contribution >= 0.6 is 0 Å². The number of ether oxygens (including phenoxy) is 3. The number of fused-ring (bicyclic) bond motifs is 2. The Kier molecular flexibility index (Phi) is 3.87. The molecule has 2 aliphatic rings. The lowest BCUT2D eigenvalue weighted by Crippen LogP contribution is -2.08. The van der Waals surface area contributed by atoms with Crippen molar-refractivity contribution in [1.82, 2.24) is 0 Å². The van der Waals surface area contributed by atoms with Gasteiger partial charge in [-0.1, -0.05) is 18.2 Å². The molecule has 22 heavy (non-hydrogen) atoms. The number of carbonyl (C=O) groups excluding carboxylic acids is 1. The van der Waals surface area contributed by atoms with Gasteiger partial charge in [0.2, 0.25) is 12.7 Å². The topological polar surface area (TPSA) is 56.8 Å². The van der Waals surface area contributed by atoms with E-state index in [1.165, 1.54) is 0 Å². The van der Waals surface area contributed by atoms with E-state index >= 15 is 0 Å². The molecule has 1 amide bonds. The van der Waals surface area contributed by atoms with E-state index in [0.29, 0.717) is 6.79 Å². The molecule has 114 valence electrons. The molecule has 0 saturated heterocycles. The van der Waals surface area contributed by atoms with Crippen molar-refractivity contribution >= 4 is 11.6 Å². The van der Waals surface area contributed by atoms with Crippen molar-refractivity contribution in [3.63, 3.8) is 0 Å². The van der Waals surface area contributed by atoms with Gasteiger partial charge in [-0.2, -0.15) is 0 Å². The zero-order chi connectivity index (χ0) is 15.5. The first kappa shape index (κ1) is 14.3. The lowest BCUT2D eigenvalue weighted by molar-refractivity contribution is -0.116. The van der Waals surface area contributed by atoms with Gasteiger partial charge in [-0.05, 0) is 30.7 Å². The van der Waals surface area contributed by atoms with Crippen LogP contribution in [0.1, 0.15) is 18.4 Å². The van der Waals surface area contributed by atoms with Crippen molar-refractivity contribution in [2.24, 2.45) is 0 Å². The third-order valence-corrected chi connectivity index (χ3v) is 3.66. The third kappa shape index (κ3) is 2.70. The van der Waals surface area contributed by atoms with E-state index in [0.717, 1.165) is 28.5 Å². The van der Waals surface area contributed by atoms with Crippen LogP contribution in [-0.4, -0.2) is 19.8 Å². The molecule has 5 nitrogen and oxygen atoms in total.